The first-order valence-electron chi connectivity index (χ1n) is 6.41. The zero-order chi connectivity index (χ0) is 13.2. The Bertz CT molecular complexity index is 352. The molecule has 0 aromatic carbocycles. The minimum atomic E-state index is -0.744. The Labute approximate surface area is 107 Å². The van der Waals surface area contributed by atoms with E-state index >= 15 is 0 Å². The van der Waals surface area contributed by atoms with Crippen molar-refractivity contribution in [1.29, 1.82) is 0 Å². The second kappa shape index (κ2) is 8.63. The monoisotopic (exact) mass is 255 g/mol. The van der Waals surface area contributed by atoms with Gasteiger partial charge in [-0.3, -0.25) is 4.79 Å². The lowest BCUT2D eigenvalue weighted by atomic mass is 10.1. The van der Waals surface area contributed by atoms with Crippen LogP contribution in [0.15, 0.2) is 6.20 Å². The fraction of sp³-hybridized carbons (Fsp3) is 0.750. The van der Waals surface area contributed by atoms with Gasteiger partial charge in [0.15, 0.2) is 0 Å². The van der Waals surface area contributed by atoms with Gasteiger partial charge in [0.1, 0.15) is 0 Å². The van der Waals surface area contributed by atoms with Gasteiger partial charge in [-0.25, -0.2) is 4.68 Å². The van der Waals surface area contributed by atoms with Crippen LogP contribution in [0, 0.1) is 0 Å². The number of nitrogens with zero attached hydrogens (tertiary/aromatic N) is 3. The Morgan fingerprint density at radius 2 is 2.28 bits per heavy atom. The van der Waals surface area contributed by atoms with Crippen molar-refractivity contribution in [3.05, 3.63) is 11.9 Å². The third-order valence-electron chi connectivity index (χ3n) is 2.47. The van der Waals surface area contributed by atoms with Crippen molar-refractivity contribution < 1.29 is 14.6 Å². The van der Waals surface area contributed by atoms with Crippen molar-refractivity contribution in [1.82, 2.24) is 15.0 Å². The van der Waals surface area contributed by atoms with Crippen molar-refractivity contribution in [2.45, 2.75) is 45.6 Å². The average molecular weight is 255 g/mol. The molecule has 6 heteroatoms. The molecule has 0 saturated carbocycles. The minimum Gasteiger partial charge on any atom is -0.481 e. The molecule has 0 amide bonds. The summed E-state index contributed by atoms with van der Waals surface area (Å²) in [5.74, 6) is -0.744. The van der Waals surface area contributed by atoms with Gasteiger partial charge >= 0.3 is 5.97 Å². The number of hydrogen-bond donors (Lipinski definition) is 1. The molecule has 0 bridgehead atoms. The number of carboxylic acids is 1. The van der Waals surface area contributed by atoms with E-state index in [-0.39, 0.29) is 6.42 Å². The fourth-order valence-electron chi connectivity index (χ4n) is 1.55. The zero-order valence-corrected chi connectivity index (χ0v) is 10.8. The number of aromatic nitrogens is 3. The molecule has 1 heterocycles. The van der Waals surface area contributed by atoms with Gasteiger partial charge in [0.05, 0.1) is 18.8 Å². The summed E-state index contributed by atoms with van der Waals surface area (Å²) in [5, 5.41) is 16.5. The van der Waals surface area contributed by atoms with Gasteiger partial charge < -0.3 is 9.84 Å². The largest absolute Gasteiger partial charge is 0.481 e. The summed E-state index contributed by atoms with van der Waals surface area (Å²) in [6.07, 6.45) is 5.43. The third-order valence-corrected chi connectivity index (χ3v) is 2.47. The lowest BCUT2D eigenvalue weighted by molar-refractivity contribution is -0.137. The number of carbonyl (C=O) groups is 1. The predicted octanol–water partition coefficient (Wildman–Crippen LogP) is 1.50. The molecule has 0 aliphatic heterocycles. The van der Waals surface area contributed by atoms with Crippen molar-refractivity contribution in [3.63, 3.8) is 0 Å². The van der Waals surface area contributed by atoms with E-state index in [9.17, 15) is 4.79 Å². The van der Waals surface area contributed by atoms with Gasteiger partial charge in [-0.2, -0.15) is 0 Å². The summed E-state index contributed by atoms with van der Waals surface area (Å²) < 4.78 is 7.13. The maximum atomic E-state index is 10.3. The molecular weight excluding hydrogens is 234 g/mol. The van der Waals surface area contributed by atoms with E-state index < -0.39 is 5.97 Å². The summed E-state index contributed by atoms with van der Waals surface area (Å²) in [5.41, 5.74) is 0.913. The van der Waals surface area contributed by atoms with Crippen LogP contribution in [0.4, 0.5) is 0 Å². The Balaban J connectivity index is 2.15. The Morgan fingerprint density at radius 1 is 1.44 bits per heavy atom. The summed E-state index contributed by atoms with van der Waals surface area (Å²) in [6.45, 7) is 4.21. The highest BCUT2D eigenvalue weighted by Crippen LogP contribution is 2.03. The highest BCUT2D eigenvalue weighted by Gasteiger charge is 2.02. The molecule has 0 radical (unpaired) electrons. The third kappa shape index (κ3) is 6.34. The second-order valence-corrected chi connectivity index (χ2v) is 4.19. The minimum absolute atomic E-state index is 0.221. The number of aryl methyl sites for hydroxylation is 1. The van der Waals surface area contributed by atoms with Gasteiger partial charge in [0.2, 0.25) is 0 Å². The first-order chi connectivity index (χ1) is 8.72. The SMILES string of the molecule is CCCOCCn1cc(CCCCC(=O)O)nn1. The lowest BCUT2D eigenvalue weighted by Gasteiger charge is -2.01. The number of rotatable bonds is 10. The Hall–Kier alpha value is -1.43. The molecule has 0 saturated heterocycles. The molecule has 0 fully saturated rings. The van der Waals surface area contributed by atoms with Crippen molar-refractivity contribution in [3.8, 4) is 0 Å². The van der Waals surface area contributed by atoms with Crippen LogP contribution in [0.5, 0.6) is 0 Å². The summed E-state index contributed by atoms with van der Waals surface area (Å²) in [6, 6.07) is 0. The molecule has 6 nitrogen and oxygen atoms in total. The van der Waals surface area contributed by atoms with E-state index in [0.29, 0.717) is 19.6 Å². The molecule has 0 spiro atoms. The van der Waals surface area contributed by atoms with Gasteiger partial charge in [-0.05, 0) is 25.7 Å². The first-order valence-corrected chi connectivity index (χ1v) is 6.41. The van der Waals surface area contributed by atoms with Crippen molar-refractivity contribution in [2.24, 2.45) is 0 Å². The number of carboxylic acid groups (broad SMARTS) is 1. The Kier molecular flexibility index (Phi) is 7.01. The van der Waals surface area contributed by atoms with Gasteiger partial charge in [-0.1, -0.05) is 12.1 Å². The van der Waals surface area contributed by atoms with Crippen LogP contribution in [0.1, 0.15) is 38.3 Å². The summed E-state index contributed by atoms with van der Waals surface area (Å²) >= 11 is 0. The average Bonchev–Trinajstić information content (AvgIpc) is 2.78. The van der Waals surface area contributed by atoms with E-state index in [2.05, 4.69) is 17.2 Å². The highest BCUT2D eigenvalue weighted by atomic mass is 16.5. The predicted molar refractivity (Wildman–Crippen MR) is 66.3 cm³/mol. The van der Waals surface area contributed by atoms with E-state index in [0.717, 1.165) is 31.6 Å². The fourth-order valence-corrected chi connectivity index (χ4v) is 1.55. The summed E-state index contributed by atoms with van der Waals surface area (Å²) in [7, 11) is 0. The molecule has 0 aliphatic rings. The van der Waals surface area contributed by atoms with Gasteiger partial charge in [0, 0.05) is 19.2 Å². The molecule has 18 heavy (non-hydrogen) atoms. The topological polar surface area (TPSA) is 77.2 Å². The van der Waals surface area contributed by atoms with Crippen LogP contribution in [-0.2, 0) is 22.5 Å². The van der Waals surface area contributed by atoms with Gasteiger partial charge in [-0.15, -0.1) is 5.10 Å². The number of ether oxygens (including phenoxy) is 1. The van der Waals surface area contributed by atoms with Crippen LogP contribution in [0.25, 0.3) is 0 Å². The molecule has 102 valence electrons. The van der Waals surface area contributed by atoms with E-state index in [1.807, 2.05) is 6.20 Å². The van der Waals surface area contributed by atoms with E-state index in [1.54, 1.807) is 4.68 Å². The smallest absolute Gasteiger partial charge is 0.303 e. The van der Waals surface area contributed by atoms with Crippen molar-refractivity contribution >= 4 is 5.97 Å². The molecule has 0 unspecified atom stereocenters. The normalized spacial score (nSPS) is 10.7. The Morgan fingerprint density at radius 3 is 3.00 bits per heavy atom. The summed E-state index contributed by atoms with van der Waals surface area (Å²) in [4.78, 5) is 10.3. The van der Waals surface area contributed by atoms with E-state index in [4.69, 9.17) is 9.84 Å². The molecule has 1 N–H and O–H groups in total. The van der Waals surface area contributed by atoms with Crippen LogP contribution in [0.3, 0.4) is 0 Å². The van der Waals surface area contributed by atoms with Crippen LogP contribution in [0.2, 0.25) is 0 Å². The second-order valence-electron chi connectivity index (χ2n) is 4.19. The first kappa shape index (κ1) is 14.6. The zero-order valence-electron chi connectivity index (χ0n) is 10.8. The molecular formula is C12H21N3O3. The maximum Gasteiger partial charge on any atom is 0.303 e. The van der Waals surface area contributed by atoms with Gasteiger partial charge in [0.25, 0.3) is 0 Å². The van der Waals surface area contributed by atoms with E-state index in [1.165, 1.54) is 0 Å². The van der Waals surface area contributed by atoms with Crippen LogP contribution in [-0.4, -0.2) is 39.3 Å². The lowest BCUT2D eigenvalue weighted by Crippen LogP contribution is -2.07. The quantitative estimate of drug-likeness (QED) is 0.641. The molecule has 1 aromatic rings. The van der Waals surface area contributed by atoms with Crippen molar-refractivity contribution in [2.75, 3.05) is 13.2 Å². The number of unbranched alkanes of at least 4 members (excludes halogenated alkanes) is 1. The molecule has 0 aliphatic carbocycles. The molecule has 1 rings (SSSR count). The maximum absolute atomic E-state index is 10.3. The molecule has 1 aromatic heterocycles. The molecule has 0 atom stereocenters. The van der Waals surface area contributed by atoms with Crippen LogP contribution < -0.4 is 0 Å². The standard InChI is InChI=1S/C12H21N3O3/c1-2-8-18-9-7-15-10-11(13-14-15)5-3-4-6-12(16)17/h10H,2-9H2,1H3,(H,16,17). The highest BCUT2D eigenvalue weighted by molar-refractivity contribution is 5.66. The van der Waals surface area contributed by atoms with Crippen LogP contribution >= 0.6 is 0 Å². The number of aliphatic carboxylic acids is 1. The number of hydrogen-bond acceptors (Lipinski definition) is 4.